The molecule has 4 heteroatoms. The van der Waals surface area contributed by atoms with E-state index in [4.69, 9.17) is 10.6 Å². The lowest BCUT2D eigenvalue weighted by atomic mass is 10.1. The Balaban J connectivity index is 2.01. The number of benzene rings is 2. The maximum atomic E-state index is 12.7. The Hall–Kier alpha value is -2.36. The maximum Gasteiger partial charge on any atom is 0.123 e. The first-order valence-electron chi connectivity index (χ1n) is 5.48. The molecule has 0 aromatic heterocycles. The van der Waals surface area contributed by atoms with Crippen molar-refractivity contribution in [2.45, 2.75) is 6.61 Å². The van der Waals surface area contributed by atoms with E-state index in [9.17, 15) is 4.39 Å². The highest BCUT2D eigenvalue weighted by Gasteiger charge is 1.97. The molecule has 0 radical (unpaired) electrons. The Morgan fingerprint density at radius 3 is 2.67 bits per heavy atom. The van der Waals surface area contributed by atoms with Gasteiger partial charge in [0.2, 0.25) is 0 Å². The highest BCUT2D eigenvalue weighted by atomic mass is 19.1. The number of rotatable bonds is 4. The smallest absolute Gasteiger partial charge is 0.123 e. The van der Waals surface area contributed by atoms with Gasteiger partial charge in [-0.05, 0) is 41.5 Å². The molecule has 0 aliphatic carbocycles. The van der Waals surface area contributed by atoms with Gasteiger partial charge in [0.1, 0.15) is 18.2 Å². The fraction of sp³-hybridized carbons (Fsp3) is 0.0714. The predicted molar refractivity (Wildman–Crippen MR) is 69.0 cm³/mol. The van der Waals surface area contributed by atoms with Gasteiger partial charge in [-0.2, -0.15) is 5.10 Å². The molecule has 0 unspecified atom stereocenters. The Bertz CT molecular complexity index is 538. The molecule has 2 N–H and O–H groups in total. The number of ether oxygens (including phenoxy) is 1. The first-order chi connectivity index (χ1) is 8.78. The number of hydrogen-bond donors (Lipinski definition) is 1. The van der Waals surface area contributed by atoms with Crippen LogP contribution in [0.25, 0.3) is 0 Å². The second-order valence-electron chi connectivity index (χ2n) is 3.77. The van der Waals surface area contributed by atoms with E-state index in [2.05, 4.69) is 5.10 Å². The van der Waals surface area contributed by atoms with Gasteiger partial charge in [-0.25, -0.2) is 4.39 Å². The number of nitrogens with two attached hydrogens (primary N) is 1. The van der Waals surface area contributed by atoms with Crippen LogP contribution in [0.2, 0.25) is 0 Å². The first-order valence-corrected chi connectivity index (χ1v) is 5.48. The zero-order chi connectivity index (χ0) is 12.8. The summed E-state index contributed by atoms with van der Waals surface area (Å²) < 4.78 is 18.2. The molecule has 2 aromatic rings. The number of hydrazone groups is 1. The maximum absolute atomic E-state index is 12.7. The Morgan fingerprint density at radius 2 is 1.94 bits per heavy atom. The summed E-state index contributed by atoms with van der Waals surface area (Å²) in [5.74, 6) is 5.45. The lowest BCUT2D eigenvalue weighted by Gasteiger charge is -2.06. The SMILES string of the molecule is NN=Cc1cccc(COc2ccc(F)cc2)c1. The molecule has 0 heterocycles. The zero-order valence-electron chi connectivity index (χ0n) is 9.71. The second kappa shape index (κ2) is 5.82. The summed E-state index contributed by atoms with van der Waals surface area (Å²) in [5.41, 5.74) is 1.91. The summed E-state index contributed by atoms with van der Waals surface area (Å²) in [7, 11) is 0. The van der Waals surface area contributed by atoms with Gasteiger partial charge in [0.05, 0.1) is 6.21 Å². The minimum absolute atomic E-state index is 0.275. The molecule has 92 valence electrons. The van der Waals surface area contributed by atoms with Crippen molar-refractivity contribution in [3.05, 3.63) is 65.5 Å². The summed E-state index contributed by atoms with van der Waals surface area (Å²) in [5, 5.41) is 3.47. The van der Waals surface area contributed by atoms with Gasteiger partial charge in [-0.3, -0.25) is 0 Å². The molecule has 0 atom stereocenters. The molecule has 0 aliphatic heterocycles. The van der Waals surface area contributed by atoms with Crippen LogP contribution < -0.4 is 10.6 Å². The van der Waals surface area contributed by atoms with E-state index < -0.39 is 0 Å². The topological polar surface area (TPSA) is 47.6 Å². The lowest BCUT2D eigenvalue weighted by molar-refractivity contribution is 0.305. The summed E-state index contributed by atoms with van der Waals surface area (Å²) in [6.45, 7) is 0.415. The molecule has 0 amide bonds. The molecule has 2 rings (SSSR count). The third kappa shape index (κ3) is 3.31. The molecule has 18 heavy (non-hydrogen) atoms. The molecule has 0 spiro atoms. The fourth-order valence-corrected chi connectivity index (χ4v) is 1.55. The van der Waals surface area contributed by atoms with Crippen molar-refractivity contribution in [3.63, 3.8) is 0 Å². The van der Waals surface area contributed by atoms with Crippen molar-refractivity contribution >= 4 is 6.21 Å². The zero-order valence-corrected chi connectivity index (χ0v) is 9.71. The number of nitrogens with zero attached hydrogens (tertiary/aromatic N) is 1. The van der Waals surface area contributed by atoms with Gasteiger partial charge in [-0.1, -0.05) is 18.2 Å². The predicted octanol–water partition coefficient (Wildman–Crippen LogP) is 2.70. The third-order valence-electron chi connectivity index (χ3n) is 2.39. The van der Waals surface area contributed by atoms with Crippen LogP contribution in [0.15, 0.2) is 53.6 Å². The van der Waals surface area contributed by atoms with E-state index in [-0.39, 0.29) is 5.82 Å². The van der Waals surface area contributed by atoms with E-state index in [1.165, 1.54) is 12.1 Å². The van der Waals surface area contributed by atoms with Crippen LogP contribution in [-0.2, 0) is 6.61 Å². The van der Waals surface area contributed by atoms with E-state index in [1.54, 1.807) is 18.3 Å². The average molecular weight is 244 g/mol. The molecule has 0 aliphatic rings. The van der Waals surface area contributed by atoms with Crippen molar-refractivity contribution in [1.82, 2.24) is 0 Å². The Labute approximate surface area is 105 Å². The normalized spacial score (nSPS) is 10.7. The van der Waals surface area contributed by atoms with Crippen LogP contribution in [0.4, 0.5) is 4.39 Å². The van der Waals surface area contributed by atoms with Gasteiger partial charge in [-0.15, -0.1) is 0 Å². The van der Waals surface area contributed by atoms with Crippen LogP contribution in [0, 0.1) is 5.82 Å². The highest BCUT2D eigenvalue weighted by molar-refractivity contribution is 5.79. The van der Waals surface area contributed by atoms with Crippen molar-refractivity contribution in [2.75, 3.05) is 0 Å². The molecular formula is C14H13FN2O. The van der Waals surface area contributed by atoms with Crippen LogP contribution in [0.1, 0.15) is 11.1 Å². The largest absolute Gasteiger partial charge is 0.489 e. The molecule has 0 saturated carbocycles. The molecule has 3 nitrogen and oxygen atoms in total. The Morgan fingerprint density at radius 1 is 1.17 bits per heavy atom. The van der Waals surface area contributed by atoms with Crippen LogP contribution in [-0.4, -0.2) is 6.21 Å². The first kappa shape index (κ1) is 12.1. The molecular weight excluding hydrogens is 231 g/mol. The standard InChI is InChI=1S/C14H13FN2O/c15-13-4-6-14(7-5-13)18-10-12-3-1-2-11(8-12)9-17-16/h1-9H,10,16H2. The number of hydrogen-bond acceptors (Lipinski definition) is 3. The minimum atomic E-state index is -0.275. The van der Waals surface area contributed by atoms with E-state index in [1.807, 2.05) is 24.3 Å². The van der Waals surface area contributed by atoms with Crippen molar-refractivity contribution in [3.8, 4) is 5.75 Å². The Kier molecular flexibility index (Phi) is 3.91. The van der Waals surface area contributed by atoms with Crippen molar-refractivity contribution in [1.29, 1.82) is 0 Å². The quantitative estimate of drug-likeness (QED) is 0.510. The van der Waals surface area contributed by atoms with Crippen LogP contribution >= 0.6 is 0 Å². The second-order valence-corrected chi connectivity index (χ2v) is 3.77. The molecule has 2 aromatic carbocycles. The van der Waals surface area contributed by atoms with Gasteiger partial charge < -0.3 is 10.6 Å². The monoisotopic (exact) mass is 244 g/mol. The number of halogens is 1. The van der Waals surface area contributed by atoms with E-state index in [0.29, 0.717) is 12.4 Å². The summed E-state index contributed by atoms with van der Waals surface area (Å²) >= 11 is 0. The summed E-state index contributed by atoms with van der Waals surface area (Å²) in [4.78, 5) is 0. The lowest BCUT2D eigenvalue weighted by Crippen LogP contribution is -1.96. The third-order valence-corrected chi connectivity index (χ3v) is 2.39. The van der Waals surface area contributed by atoms with Gasteiger partial charge in [0.25, 0.3) is 0 Å². The summed E-state index contributed by atoms with van der Waals surface area (Å²) in [6, 6.07) is 13.6. The minimum Gasteiger partial charge on any atom is -0.489 e. The molecule has 0 fully saturated rings. The fourth-order valence-electron chi connectivity index (χ4n) is 1.55. The van der Waals surface area contributed by atoms with Gasteiger partial charge >= 0.3 is 0 Å². The molecule has 0 bridgehead atoms. The van der Waals surface area contributed by atoms with E-state index in [0.717, 1.165) is 11.1 Å². The van der Waals surface area contributed by atoms with Crippen molar-refractivity contribution < 1.29 is 9.13 Å². The average Bonchev–Trinajstić information content (AvgIpc) is 2.39. The molecule has 0 saturated heterocycles. The van der Waals surface area contributed by atoms with E-state index >= 15 is 0 Å². The summed E-state index contributed by atoms with van der Waals surface area (Å²) in [6.07, 6.45) is 1.57. The van der Waals surface area contributed by atoms with Crippen molar-refractivity contribution in [2.24, 2.45) is 10.9 Å². The van der Waals surface area contributed by atoms with Gasteiger partial charge in [0.15, 0.2) is 0 Å². The van der Waals surface area contributed by atoms with Gasteiger partial charge in [0, 0.05) is 0 Å². The highest BCUT2D eigenvalue weighted by Crippen LogP contribution is 2.13. The van der Waals surface area contributed by atoms with Crippen LogP contribution in [0.5, 0.6) is 5.75 Å². The van der Waals surface area contributed by atoms with Crippen LogP contribution in [0.3, 0.4) is 0 Å².